The van der Waals surface area contributed by atoms with E-state index in [1.807, 2.05) is 0 Å². The average molecular weight is 471 g/mol. The predicted octanol–water partition coefficient (Wildman–Crippen LogP) is 9.41. The number of rotatable bonds is 5. The summed E-state index contributed by atoms with van der Waals surface area (Å²) in [6.07, 6.45) is 16.3. The third-order valence-electron chi connectivity index (χ3n) is 12.2. The zero-order valence-corrected chi connectivity index (χ0v) is 24.5. The minimum absolute atomic E-state index is 0.298. The third-order valence-corrected chi connectivity index (χ3v) is 16.8. The second-order valence-electron chi connectivity index (χ2n) is 14.7. The van der Waals surface area contributed by atoms with Crippen LogP contribution in [0.25, 0.3) is 0 Å². The van der Waals surface area contributed by atoms with E-state index in [0.29, 0.717) is 27.9 Å². The van der Waals surface area contributed by atoms with Gasteiger partial charge in [-0.3, -0.25) is 0 Å². The van der Waals surface area contributed by atoms with Gasteiger partial charge in [0.05, 0.1) is 0 Å². The first-order valence-corrected chi connectivity index (χ1v) is 17.2. The summed E-state index contributed by atoms with van der Waals surface area (Å²) in [5, 5.41) is 0.298. The summed E-state index contributed by atoms with van der Waals surface area (Å²) in [4.78, 5) is 0. The molecule has 1 unspecified atom stereocenters. The summed E-state index contributed by atoms with van der Waals surface area (Å²) in [7, 11) is -1.70. The zero-order chi connectivity index (χ0) is 24.4. The van der Waals surface area contributed by atoms with Gasteiger partial charge in [0.2, 0.25) is 0 Å². The molecular formula is C31H54OSi. The fourth-order valence-corrected chi connectivity index (χ4v) is 10.2. The van der Waals surface area contributed by atoms with E-state index in [4.69, 9.17) is 4.43 Å². The van der Waals surface area contributed by atoms with Gasteiger partial charge in [-0.2, -0.15) is 0 Å². The predicted molar refractivity (Wildman–Crippen MR) is 146 cm³/mol. The quantitative estimate of drug-likeness (QED) is 0.287. The van der Waals surface area contributed by atoms with Gasteiger partial charge in [0.1, 0.15) is 0 Å². The Morgan fingerprint density at radius 2 is 1.76 bits per heavy atom. The smallest absolute Gasteiger partial charge is 0.192 e. The maximum absolute atomic E-state index is 6.92. The zero-order valence-electron chi connectivity index (χ0n) is 23.5. The number of hydrogen-bond donors (Lipinski definition) is 0. The Bertz CT molecular complexity index is 774. The average Bonchev–Trinajstić information content (AvgIpc) is 3.09. The lowest BCUT2D eigenvalue weighted by atomic mass is 9.47. The maximum Gasteiger partial charge on any atom is 0.192 e. The van der Waals surface area contributed by atoms with Crippen LogP contribution in [0.15, 0.2) is 24.3 Å². The van der Waals surface area contributed by atoms with E-state index in [-0.39, 0.29) is 0 Å². The van der Waals surface area contributed by atoms with Crippen LogP contribution in [0, 0.1) is 46.3 Å². The molecule has 3 fully saturated rings. The molecule has 0 aromatic rings. The Morgan fingerprint density at radius 1 is 1.06 bits per heavy atom. The van der Waals surface area contributed by atoms with Crippen molar-refractivity contribution in [3.8, 4) is 0 Å². The molecule has 0 aliphatic heterocycles. The van der Waals surface area contributed by atoms with Crippen LogP contribution in [-0.4, -0.2) is 14.4 Å². The highest BCUT2D eigenvalue weighted by atomic mass is 28.4. The van der Waals surface area contributed by atoms with E-state index < -0.39 is 8.32 Å². The highest BCUT2D eigenvalue weighted by molar-refractivity contribution is 6.74. The van der Waals surface area contributed by atoms with E-state index >= 15 is 0 Å². The van der Waals surface area contributed by atoms with E-state index in [9.17, 15) is 0 Å². The third kappa shape index (κ3) is 4.18. The Kier molecular flexibility index (Phi) is 6.75. The van der Waals surface area contributed by atoms with Gasteiger partial charge < -0.3 is 4.43 Å². The molecule has 4 rings (SSSR count). The Morgan fingerprint density at radius 3 is 2.39 bits per heavy atom. The topological polar surface area (TPSA) is 9.23 Å². The Hall–Kier alpha value is -0.343. The Labute approximate surface area is 207 Å². The van der Waals surface area contributed by atoms with Gasteiger partial charge in [-0.25, -0.2) is 0 Å². The van der Waals surface area contributed by atoms with E-state index in [1.165, 1.54) is 51.4 Å². The molecule has 0 heterocycles. The summed E-state index contributed by atoms with van der Waals surface area (Å²) in [5.74, 6) is 5.01. The van der Waals surface area contributed by atoms with Gasteiger partial charge in [-0.1, -0.05) is 66.2 Å². The monoisotopic (exact) mass is 470 g/mol. The highest BCUT2D eigenvalue weighted by Gasteiger charge is 2.59. The first kappa shape index (κ1) is 25.7. The van der Waals surface area contributed by atoms with Gasteiger partial charge in [0.25, 0.3) is 0 Å². The molecule has 33 heavy (non-hydrogen) atoms. The fraction of sp³-hybridized carbons (Fsp3) is 0.871. The lowest BCUT2D eigenvalue weighted by Gasteiger charge is -2.59. The van der Waals surface area contributed by atoms with Crippen LogP contribution in [0.4, 0.5) is 0 Å². The van der Waals surface area contributed by atoms with Crippen LogP contribution < -0.4 is 0 Å². The van der Waals surface area contributed by atoms with Crippen molar-refractivity contribution in [3.05, 3.63) is 24.3 Å². The molecule has 3 saturated carbocycles. The second-order valence-corrected chi connectivity index (χ2v) is 19.4. The largest absolute Gasteiger partial charge is 0.414 e. The second kappa shape index (κ2) is 8.65. The van der Waals surface area contributed by atoms with Crippen molar-refractivity contribution in [2.75, 3.05) is 0 Å². The molecule has 0 aromatic carbocycles. The summed E-state index contributed by atoms with van der Waals surface area (Å²) < 4.78 is 6.92. The molecule has 0 radical (unpaired) electrons. The molecule has 0 amide bonds. The molecule has 0 spiro atoms. The van der Waals surface area contributed by atoms with Crippen LogP contribution in [0.5, 0.6) is 0 Å². The molecule has 0 bridgehead atoms. The molecule has 0 aromatic heterocycles. The van der Waals surface area contributed by atoms with Gasteiger partial charge in [-0.15, -0.1) is 6.58 Å². The van der Waals surface area contributed by atoms with Gasteiger partial charge >= 0.3 is 0 Å². The molecule has 4 aliphatic rings. The summed E-state index contributed by atoms with van der Waals surface area (Å²) in [6, 6.07) is 0. The lowest BCUT2D eigenvalue weighted by Crippen LogP contribution is -2.52. The van der Waals surface area contributed by atoms with Crippen LogP contribution >= 0.6 is 0 Å². The molecule has 9 atom stereocenters. The van der Waals surface area contributed by atoms with Crippen molar-refractivity contribution < 1.29 is 4.43 Å². The van der Waals surface area contributed by atoms with Crippen LogP contribution in [0.1, 0.15) is 99.8 Å². The number of fused-ring (bicyclic) bond motifs is 5. The van der Waals surface area contributed by atoms with E-state index in [2.05, 4.69) is 80.3 Å². The molecule has 4 aliphatic carbocycles. The van der Waals surface area contributed by atoms with E-state index in [0.717, 1.165) is 29.6 Å². The van der Waals surface area contributed by atoms with Crippen molar-refractivity contribution in [1.82, 2.24) is 0 Å². The van der Waals surface area contributed by atoms with Crippen LogP contribution in [-0.2, 0) is 4.43 Å². The standard InChI is InChI=1S/C31H54OSi/c1-11-21(2)22(3)26-14-15-27-25-13-12-23-20-24(32-33(9,10)29(4,5)6)16-18-30(23,7)28(25)17-19-31(26,27)8/h11-12,21-22,24-28H,1,13-20H2,2-10H3/t21-,22-,24+,25+,26-,27?,28+,30+,31-/m1/s1. The number of allylic oxidation sites excluding steroid dienone is 2. The summed E-state index contributed by atoms with van der Waals surface area (Å²) in [6.45, 7) is 26.3. The SMILES string of the molecule is C=C[C@@H](C)[C@@H](C)[C@H]1CCC2[C@@H]3CC=C4C[C@@H](O[Si](C)(C)C(C)(C)C)CC[C@]4(C)[C@H]3CC[C@@]21C. The molecule has 1 nitrogen and oxygen atoms in total. The van der Waals surface area contributed by atoms with Crippen molar-refractivity contribution in [3.63, 3.8) is 0 Å². The van der Waals surface area contributed by atoms with Crippen molar-refractivity contribution in [2.24, 2.45) is 46.3 Å². The molecule has 188 valence electrons. The first-order chi connectivity index (χ1) is 15.2. The van der Waals surface area contributed by atoms with Gasteiger partial charge in [-0.05, 0) is 116 Å². The fourth-order valence-electron chi connectivity index (χ4n) is 8.81. The minimum Gasteiger partial charge on any atom is -0.414 e. The molecular weight excluding hydrogens is 416 g/mol. The minimum atomic E-state index is -1.70. The first-order valence-electron chi connectivity index (χ1n) is 14.2. The maximum atomic E-state index is 6.92. The summed E-state index contributed by atoms with van der Waals surface area (Å²) in [5.41, 5.74) is 2.74. The Balaban J connectivity index is 1.52. The summed E-state index contributed by atoms with van der Waals surface area (Å²) >= 11 is 0. The normalized spacial score (nSPS) is 43.1. The van der Waals surface area contributed by atoms with Gasteiger partial charge in [0, 0.05) is 6.10 Å². The van der Waals surface area contributed by atoms with E-state index in [1.54, 1.807) is 5.57 Å². The van der Waals surface area contributed by atoms with Crippen molar-refractivity contribution in [2.45, 2.75) is 124 Å². The van der Waals surface area contributed by atoms with Gasteiger partial charge in [0.15, 0.2) is 8.32 Å². The van der Waals surface area contributed by atoms with Crippen LogP contribution in [0.2, 0.25) is 18.1 Å². The molecule has 2 heteroatoms. The lowest BCUT2D eigenvalue weighted by molar-refractivity contribution is -0.0580. The highest BCUT2D eigenvalue weighted by Crippen LogP contribution is 2.67. The van der Waals surface area contributed by atoms with Crippen molar-refractivity contribution >= 4 is 8.32 Å². The van der Waals surface area contributed by atoms with Crippen LogP contribution in [0.3, 0.4) is 0 Å². The number of hydrogen-bond acceptors (Lipinski definition) is 1. The molecule has 0 N–H and O–H groups in total. The van der Waals surface area contributed by atoms with Crippen molar-refractivity contribution in [1.29, 1.82) is 0 Å². The molecule has 0 saturated heterocycles.